The second-order valence-corrected chi connectivity index (χ2v) is 1.68. The summed E-state index contributed by atoms with van der Waals surface area (Å²) >= 11 is 0. The Morgan fingerprint density at radius 3 is 2.11 bits per heavy atom. The molecule has 0 saturated carbocycles. The third-order valence-electron chi connectivity index (χ3n) is 1.04. The summed E-state index contributed by atoms with van der Waals surface area (Å²) in [5.74, 6) is -2.20. The molecule has 0 radical (unpaired) electrons. The van der Waals surface area contributed by atoms with Gasteiger partial charge in [-0.25, -0.2) is 4.79 Å². The summed E-state index contributed by atoms with van der Waals surface area (Å²) in [4.78, 5) is 20.3. The van der Waals surface area contributed by atoms with Gasteiger partial charge >= 0.3 is 5.97 Å². The monoisotopic (exact) mass is 131 g/mol. The first kappa shape index (κ1) is 8.10. The van der Waals surface area contributed by atoms with E-state index in [1.54, 1.807) is 0 Å². The fraction of sp³-hybridized carbons (Fsp3) is 0.600. The number of carboxylic acids is 1. The summed E-state index contributed by atoms with van der Waals surface area (Å²) in [6, 6.07) is -0.595. The van der Waals surface area contributed by atoms with Gasteiger partial charge in [-0.05, 0) is 14.0 Å². The number of carboxylic acid groups (broad SMARTS) is 1. The Bertz CT molecular complexity index is 132. The van der Waals surface area contributed by atoms with E-state index in [9.17, 15) is 9.59 Å². The fourth-order valence-corrected chi connectivity index (χ4v) is 0.316. The molecule has 4 nitrogen and oxygen atoms in total. The van der Waals surface area contributed by atoms with Gasteiger partial charge in [0.25, 0.3) is 5.78 Å². The predicted octanol–water partition coefficient (Wildman–Crippen LogP) is -0.752. The predicted molar refractivity (Wildman–Crippen MR) is 31.2 cm³/mol. The molecule has 0 aromatic rings. The summed E-state index contributed by atoms with van der Waals surface area (Å²) in [5, 5.41) is 10.6. The molecule has 0 saturated heterocycles. The maximum Gasteiger partial charge on any atom is 0.373 e. The van der Waals surface area contributed by atoms with Gasteiger partial charge in [0.1, 0.15) is 0 Å². The second kappa shape index (κ2) is 3.19. The Morgan fingerprint density at radius 2 is 2.00 bits per heavy atom. The number of Topliss-reactive ketones (excluding diaryl/α,β-unsaturated/α-hetero) is 1. The van der Waals surface area contributed by atoms with Gasteiger partial charge in [-0.15, -0.1) is 0 Å². The van der Waals surface area contributed by atoms with Crippen molar-refractivity contribution in [2.75, 3.05) is 7.05 Å². The molecular formula is C5H9NO3. The second-order valence-electron chi connectivity index (χ2n) is 1.68. The zero-order valence-electron chi connectivity index (χ0n) is 5.34. The molecule has 0 aliphatic rings. The van der Waals surface area contributed by atoms with Gasteiger partial charge in [0.2, 0.25) is 0 Å². The van der Waals surface area contributed by atoms with Crippen molar-refractivity contribution in [2.24, 2.45) is 0 Å². The minimum absolute atomic E-state index is 0.595. The lowest BCUT2D eigenvalue weighted by atomic mass is 10.2. The first-order chi connectivity index (χ1) is 4.09. The molecule has 0 aromatic heterocycles. The maximum absolute atomic E-state index is 10.4. The van der Waals surface area contributed by atoms with E-state index in [0.717, 1.165) is 0 Å². The van der Waals surface area contributed by atoms with Gasteiger partial charge < -0.3 is 10.4 Å². The Hall–Kier alpha value is -0.900. The Kier molecular flexibility index (Phi) is 2.87. The van der Waals surface area contributed by atoms with Crippen LogP contribution in [0, 0.1) is 0 Å². The van der Waals surface area contributed by atoms with Gasteiger partial charge in [0.15, 0.2) is 0 Å². The van der Waals surface area contributed by atoms with Crippen LogP contribution in [0.4, 0.5) is 0 Å². The highest BCUT2D eigenvalue weighted by Crippen LogP contribution is 1.81. The number of ketones is 1. The van der Waals surface area contributed by atoms with Gasteiger partial charge in [0.05, 0.1) is 6.04 Å². The van der Waals surface area contributed by atoms with Crippen molar-refractivity contribution in [3.63, 3.8) is 0 Å². The largest absolute Gasteiger partial charge is 0.475 e. The van der Waals surface area contributed by atoms with Crippen LogP contribution in [-0.4, -0.2) is 29.9 Å². The Morgan fingerprint density at radius 1 is 1.56 bits per heavy atom. The van der Waals surface area contributed by atoms with Crippen LogP contribution in [0.15, 0.2) is 0 Å². The van der Waals surface area contributed by atoms with Crippen molar-refractivity contribution in [2.45, 2.75) is 13.0 Å². The van der Waals surface area contributed by atoms with E-state index in [0.29, 0.717) is 0 Å². The van der Waals surface area contributed by atoms with E-state index in [-0.39, 0.29) is 0 Å². The van der Waals surface area contributed by atoms with E-state index in [1.807, 2.05) is 0 Å². The van der Waals surface area contributed by atoms with Crippen LogP contribution in [0.25, 0.3) is 0 Å². The highest BCUT2D eigenvalue weighted by molar-refractivity contribution is 6.34. The highest BCUT2D eigenvalue weighted by Gasteiger charge is 2.17. The van der Waals surface area contributed by atoms with Crippen molar-refractivity contribution in [1.82, 2.24) is 5.32 Å². The molecule has 0 bridgehead atoms. The molecule has 1 atom stereocenters. The van der Waals surface area contributed by atoms with Gasteiger partial charge in [-0.2, -0.15) is 0 Å². The fourth-order valence-electron chi connectivity index (χ4n) is 0.316. The Balaban J connectivity index is 3.88. The van der Waals surface area contributed by atoms with Crippen molar-refractivity contribution >= 4 is 11.8 Å². The molecule has 2 N–H and O–H groups in total. The Labute approximate surface area is 52.9 Å². The molecule has 52 valence electrons. The number of likely N-dealkylation sites (N-methyl/N-ethyl adjacent to an activating group) is 1. The van der Waals surface area contributed by atoms with Crippen LogP contribution in [0.3, 0.4) is 0 Å². The average Bonchev–Trinajstić information content (AvgIpc) is 1.84. The summed E-state index contributed by atoms with van der Waals surface area (Å²) < 4.78 is 0. The number of hydrogen-bond acceptors (Lipinski definition) is 3. The number of hydrogen-bond donors (Lipinski definition) is 2. The number of aliphatic carboxylic acids is 1. The molecule has 1 unspecified atom stereocenters. The lowest BCUT2D eigenvalue weighted by Crippen LogP contribution is -2.35. The third-order valence-corrected chi connectivity index (χ3v) is 1.04. The van der Waals surface area contributed by atoms with Gasteiger partial charge in [-0.1, -0.05) is 0 Å². The number of carbonyl (C=O) groups excluding carboxylic acids is 1. The smallest absolute Gasteiger partial charge is 0.373 e. The van der Waals surface area contributed by atoms with E-state index in [2.05, 4.69) is 5.32 Å². The number of carbonyl (C=O) groups is 2. The van der Waals surface area contributed by atoms with Gasteiger partial charge in [-0.3, -0.25) is 4.79 Å². The molecule has 0 amide bonds. The summed E-state index contributed by atoms with van der Waals surface area (Å²) in [5.41, 5.74) is 0. The molecule has 0 rings (SSSR count). The topological polar surface area (TPSA) is 66.4 Å². The lowest BCUT2D eigenvalue weighted by Gasteiger charge is -2.02. The molecular weight excluding hydrogens is 122 g/mol. The van der Waals surface area contributed by atoms with Crippen LogP contribution in [0.1, 0.15) is 6.92 Å². The molecule has 0 heterocycles. The summed E-state index contributed by atoms with van der Waals surface area (Å²) in [6.45, 7) is 1.50. The number of rotatable bonds is 3. The first-order valence-electron chi connectivity index (χ1n) is 2.54. The molecule has 0 fully saturated rings. The van der Waals surface area contributed by atoms with E-state index in [1.165, 1.54) is 14.0 Å². The zero-order chi connectivity index (χ0) is 7.44. The minimum atomic E-state index is -1.39. The summed E-state index contributed by atoms with van der Waals surface area (Å²) in [7, 11) is 1.53. The van der Waals surface area contributed by atoms with Crippen molar-refractivity contribution < 1.29 is 14.7 Å². The van der Waals surface area contributed by atoms with Crippen LogP contribution >= 0.6 is 0 Å². The SMILES string of the molecule is CNC(C)C(=O)C(=O)O. The van der Waals surface area contributed by atoms with E-state index >= 15 is 0 Å². The van der Waals surface area contributed by atoms with Crippen molar-refractivity contribution in [3.05, 3.63) is 0 Å². The molecule has 0 aliphatic carbocycles. The van der Waals surface area contributed by atoms with Crippen LogP contribution in [-0.2, 0) is 9.59 Å². The molecule has 4 heteroatoms. The van der Waals surface area contributed by atoms with Gasteiger partial charge in [0, 0.05) is 0 Å². The standard InChI is InChI=1S/C5H9NO3/c1-3(6-2)4(7)5(8)9/h3,6H,1-2H3,(H,8,9). The quantitative estimate of drug-likeness (QED) is 0.494. The van der Waals surface area contributed by atoms with Crippen LogP contribution < -0.4 is 5.32 Å². The average molecular weight is 131 g/mol. The minimum Gasteiger partial charge on any atom is -0.475 e. The highest BCUT2D eigenvalue weighted by atomic mass is 16.4. The molecule has 0 aromatic carbocycles. The normalized spacial score (nSPS) is 12.7. The van der Waals surface area contributed by atoms with E-state index in [4.69, 9.17) is 5.11 Å². The van der Waals surface area contributed by atoms with Crippen LogP contribution in [0.2, 0.25) is 0 Å². The van der Waals surface area contributed by atoms with Crippen LogP contribution in [0.5, 0.6) is 0 Å². The van der Waals surface area contributed by atoms with Crippen molar-refractivity contribution in [3.8, 4) is 0 Å². The summed E-state index contributed by atoms with van der Waals surface area (Å²) in [6.07, 6.45) is 0. The van der Waals surface area contributed by atoms with E-state index < -0.39 is 17.8 Å². The first-order valence-corrected chi connectivity index (χ1v) is 2.54. The zero-order valence-corrected chi connectivity index (χ0v) is 5.34. The molecule has 9 heavy (non-hydrogen) atoms. The lowest BCUT2D eigenvalue weighted by molar-refractivity contribution is -0.149. The molecule has 0 aliphatic heterocycles. The number of nitrogens with one attached hydrogen (secondary N) is 1. The third kappa shape index (κ3) is 2.23. The maximum atomic E-state index is 10.4. The van der Waals surface area contributed by atoms with Crippen molar-refractivity contribution in [1.29, 1.82) is 0 Å². The molecule has 0 spiro atoms.